The predicted molar refractivity (Wildman–Crippen MR) is 51.6 cm³/mol. The van der Waals surface area contributed by atoms with Crippen molar-refractivity contribution in [3.63, 3.8) is 0 Å². The molecule has 0 aliphatic rings. The molecule has 1 rings (SSSR count). The van der Waals surface area contributed by atoms with Crippen molar-refractivity contribution in [2.75, 3.05) is 0 Å². The molecule has 4 nitrogen and oxygen atoms in total. The fourth-order valence-corrected chi connectivity index (χ4v) is 0.917. The third-order valence-electron chi connectivity index (χ3n) is 1.86. The Morgan fingerprint density at radius 2 is 2.43 bits per heavy atom. The molecule has 14 heavy (non-hydrogen) atoms. The van der Waals surface area contributed by atoms with Crippen LogP contribution in [0.25, 0.3) is 0 Å². The van der Waals surface area contributed by atoms with Crippen LogP contribution in [0.1, 0.15) is 30.8 Å². The van der Waals surface area contributed by atoms with Crippen molar-refractivity contribution >= 4 is 5.97 Å². The number of carboxylic acid groups (broad SMARTS) is 1. The normalized spacial score (nSPS) is 12.1. The van der Waals surface area contributed by atoms with E-state index in [9.17, 15) is 4.79 Å². The number of carboxylic acids is 1. The third-order valence-corrected chi connectivity index (χ3v) is 1.86. The number of aromatic nitrogens is 1. The van der Waals surface area contributed by atoms with Crippen LogP contribution in [0.3, 0.4) is 0 Å². The predicted octanol–water partition coefficient (Wildman–Crippen LogP) is 1.96. The summed E-state index contributed by atoms with van der Waals surface area (Å²) in [6.07, 6.45) is 2.39. The van der Waals surface area contributed by atoms with E-state index < -0.39 is 5.97 Å². The van der Waals surface area contributed by atoms with E-state index in [2.05, 4.69) is 4.98 Å². The number of ether oxygens (including phenoxy) is 1. The van der Waals surface area contributed by atoms with Gasteiger partial charge < -0.3 is 9.84 Å². The van der Waals surface area contributed by atoms with Crippen LogP contribution in [-0.2, 0) is 0 Å². The molecule has 1 atom stereocenters. The maximum absolute atomic E-state index is 10.6. The van der Waals surface area contributed by atoms with Crippen LogP contribution in [0.5, 0.6) is 5.75 Å². The Bertz CT molecular complexity index is 325. The van der Waals surface area contributed by atoms with Crippen LogP contribution >= 0.6 is 0 Å². The van der Waals surface area contributed by atoms with E-state index in [1.54, 1.807) is 6.07 Å². The number of hydrogen-bond donors (Lipinski definition) is 1. The lowest BCUT2D eigenvalue weighted by Gasteiger charge is -2.12. The van der Waals surface area contributed by atoms with Gasteiger partial charge in [0.1, 0.15) is 5.75 Å². The number of hydrogen-bond acceptors (Lipinski definition) is 3. The van der Waals surface area contributed by atoms with Gasteiger partial charge in [0.05, 0.1) is 6.10 Å². The van der Waals surface area contributed by atoms with E-state index in [-0.39, 0.29) is 11.8 Å². The van der Waals surface area contributed by atoms with Crippen molar-refractivity contribution in [1.82, 2.24) is 4.98 Å². The van der Waals surface area contributed by atoms with E-state index in [1.165, 1.54) is 12.3 Å². The van der Waals surface area contributed by atoms with Crippen molar-refractivity contribution in [3.8, 4) is 5.75 Å². The molecule has 1 heterocycles. The van der Waals surface area contributed by atoms with Crippen LogP contribution in [0.15, 0.2) is 18.3 Å². The lowest BCUT2D eigenvalue weighted by Crippen LogP contribution is -2.10. The van der Waals surface area contributed by atoms with Gasteiger partial charge in [0, 0.05) is 12.3 Å². The van der Waals surface area contributed by atoms with E-state index >= 15 is 0 Å². The number of aromatic carboxylic acids is 1. The highest BCUT2D eigenvalue weighted by atomic mass is 16.5. The Morgan fingerprint density at radius 3 is 3.00 bits per heavy atom. The molecule has 4 heteroatoms. The van der Waals surface area contributed by atoms with Gasteiger partial charge in [-0.05, 0) is 19.4 Å². The van der Waals surface area contributed by atoms with Crippen molar-refractivity contribution in [2.24, 2.45) is 0 Å². The van der Waals surface area contributed by atoms with Crippen LogP contribution < -0.4 is 4.74 Å². The van der Waals surface area contributed by atoms with E-state index in [0.29, 0.717) is 5.75 Å². The minimum atomic E-state index is -1.04. The third kappa shape index (κ3) is 2.73. The van der Waals surface area contributed by atoms with Gasteiger partial charge in [0.15, 0.2) is 5.69 Å². The maximum Gasteiger partial charge on any atom is 0.354 e. The number of rotatable bonds is 4. The Balaban J connectivity index is 2.78. The fourth-order valence-electron chi connectivity index (χ4n) is 0.917. The molecule has 76 valence electrons. The molecule has 0 aliphatic carbocycles. The van der Waals surface area contributed by atoms with Crippen molar-refractivity contribution in [1.29, 1.82) is 0 Å². The monoisotopic (exact) mass is 195 g/mol. The average Bonchev–Trinajstić information content (AvgIpc) is 2.18. The summed E-state index contributed by atoms with van der Waals surface area (Å²) in [6.45, 7) is 3.94. The van der Waals surface area contributed by atoms with Crippen LogP contribution in [-0.4, -0.2) is 22.2 Å². The Labute approximate surface area is 82.5 Å². The zero-order valence-corrected chi connectivity index (χ0v) is 8.23. The molecule has 1 N–H and O–H groups in total. The summed E-state index contributed by atoms with van der Waals surface area (Å²) in [6, 6.07) is 3.08. The van der Waals surface area contributed by atoms with E-state index in [1.807, 2.05) is 13.8 Å². The summed E-state index contributed by atoms with van der Waals surface area (Å²) in [5.74, 6) is -0.494. The Morgan fingerprint density at radius 1 is 1.71 bits per heavy atom. The largest absolute Gasteiger partial charge is 0.491 e. The van der Waals surface area contributed by atoms with Gasteiger partial charge in [-0.15, -0.1) is 0 Å². The van der Waals surface area contributed by atoms with Crippen molar-refractivity contribution in [2.45, 2.75) is 26.4 Å². The highest BCUT2D eigenvalue weighted by molar-refractivity contribution is 5.85. The summed E-state index contributed by atoms with van der Waals surface area (Å²) in [7, 11) is 0. The van der Waals surface area contributed by atoms with Gasteiger partial charge in [0.2, 0.25) is 0 Å². The summed E-state index contributed by atoms with van der Waals surface area (Å²) in [4.78, 5) is 14.3. The molecule has 0 aliphatic heterocycles. The van der Waals surface area contributed by atoms with Crippen LogP contribution in [0, 0.1) is 0 Å². The fraction of sp³-hybridized carbons (Fsp3) is 0.400. The number of pyridine rings is 1. The van der Waals surface area contributed by atoms with Crippen molar-refractivity contribution in [3.05, 3.63) is 24.0 Å². The van der Waals surface area contributed by atoms with Crippen LogP contribution in [0.2, 0.25) is 0 Å². The van der Waals surface area contributed by atoms with E-state index in [0.717, 1.165) is 6.42 Å². The number of carbonyl (C=O) groups is 1. The Kier molecular flexibility index (Phi) is 3.45. The maximum atomic E-state index is 10.6. The Hall–Kier alpha value is -1.58. The summed E-state index contributed by atoms with van der Waals surface area (Å²) in [5, 5.41) is 8.68. The second-order valence-electron chi connectivity index (χ2n) is 3.02. The molecule has 0 fully saturated rings. The van der Waals surface area contributed by atoms with Gasteiger partial charge >= 0.3 is 5.97 Å². The molecule has 0 amide bonds. The molecule has 0 saturated carbocycles. The molecule has 0 saturated heterocycles. The van der Waals surface area contributed by atoms with Crippen molar-refractivity contribution < 1.29 is 14.6 Å². The van der Waals surface area contributed by atoms with Gasteiger partial charge in [0.25, 0.3) is 0 Å². The molecule has 1 aromatic rings. The highest BCUT2D eigenvalue weighted by Gasteiger charge is 2.07. The molecule has 0 bridgehead atoms. The van der Waals surface area contributed by atoms with Gasteiger partial charge in [-0.1, -0.05) is 6.92 Å². The molecule has 0 radical (unpaired) electrons. The SMILES string of the molecule is CCC(C)Oc1ccnc(C(=O)O)c1. The topological polar surface area (TPSA) is 59.4 Å². The first-order valence-electron chi connectivity index (χ1n) is 4.49. The standard InChI is InChI=1S/C10H13NO3/c1-3-7(2)14-8-4-5-11-9(6-8)10(12)13/h4-7H,3H2,1-2H3,(H,12,13). The smallest absolute Gasteiger partial charge is 0.354 e. The van der Waals surface area contributed by atoms with E-state index in [4.69, 9.17) is 9.84 Å². The first-order chi connectivity index (χ1) is 6.63. The minimum Gasteiger partial charge on any atom is -0.491 e. The summed E-state index contributed by atoms with van der Waals surface area (Å²) >= 11 is 0. The lowest BCUT2D eigenvalue weighted by atomic mass is 10.3. The lowest BCUT2D eigenvalue weighted by molar-refractivity contribution is 0.0689. The quantitative estimate of drug-likeness (QED) is 0.797. The van der Waals surface area contributed by atoms with Crippen LogP contribution in [0.4, 0.5) is 0 Å². The molecular formula is C10H13NO3. The minimum absolute atomic E-state index is 0.00537. The molecule has 1 aromatic heterocycles. The first kappa shape index (κ1) is 10.5. The summed E-state index contributed by atoms with van der Waals surface area (Å²) < 4.78 is 5.45. The number of nitrogens with zero attached hydrogens (tertiary/aromatic N) is 1. The van der Waals surface area contributed by atoms with Gasteiger partial charge in [-0.2, -0.15) is 0 Å². The van der Waals surface area contributed by atoms with Gasteiger partial charge in [-0.25, -0.2) is 9.78 Å². The average molecular weight is 195 g/mol. The summed E-state index contributed by atoms with van der Waals surface area (Å²) in [5.41, 5.74) is 0.00537. The molecule has 1 unspecified atom stereocenters. The second-order valence-corrected chi connectivity index (χ2v) is 3.02. The molecule has 0 aromatic carbocycles. The highest BCUT2D eigenvalue weighted by Crippen LogP contribution is 2.13. The van der Waals surface area contributed by atoms with Gasteiger partial charge in [-0.3, -0.25) is 0 Å². The molecule has 0 spiro atoms. The zero-order chi connectivity index (χ0) is 10.6. The zero-order valence-electron chi connectivity index (χ0n) is 8.23. The second kappa shape index (κ2) is 4.60. The first-order valence-corrected chi connectivity index (χ1v) is 4.49. The molecular weight excluding hydrogens is 182 g/mol.